The average Bonchev–Trinajstić information content (AvgIpc) is 2.45. The van der Waals surface area contributed by atoms with E-state index in [1.165, 1.54) is 0 Å². The van der Waals surface area contributed by atoms with Gasteiger partial charge in [0.25, 0.3) is 5.91 Å². The molecule has 0 aliphatic heterocycles. The van der Waals surface area contributed by atoms with Gasteiger partial charge in [-0.05, 0) is 37.3 Å². The van der Waals surface area contributed by atoms with Crippen molar-refractivity contribution in [3.8, 4) is 0 Å². The maximum atomic E-state index is 11.9. The van der Waals surface area contributed by atoms with Crippen LogP contribution >= 0.6 is 15.9 Å². The van der Waals surface area contributed by atoms with Gasteiger partial charge in [0.05, 0.1) is 11.4 Å². The highest BCUT2D eigenvalue weighted by molar-refractivity contribution is 9.10. The Bertz CT molecular complexity index is 611. The van der Waals surface area contributed by atoms with E-state index in [0.29, 0.717) is 11.3 Å². The Hall–Kier alpha value is -2.01. The molecule has 1 amide bonds. The molecule has 0 saturated carbocycles. The highest BCUT2D eigenvalue weighted by Crippen LogP contribution is 2.11. The second-order valence-corrected chi connectivity index (χ2v) is 4.78. The first kappa shape index (κ1) is 13.4. The van der Waals surface area contributed by atoms with Crippen LogP contribution in [0, 0.1) is 0 Å². The number of benzene rings is 1. The first-order valence-corrected chi connectivity index (χ1v) is 6.48. The molecule has 0 bridgehead atoms. The van der Waals surface area contributed by atoms with Crippen molar-refractivity contribution >= 4 is 27.5 Å². The van der Waals surface area contributed by atoms with Crippen LogP contribution < -0.4 is 5.43 Å². The maximum Gasteiger partial charge on any atom is 0.271 e. The number of halogens is 1. The molecular formula is C14H12BrN3O. The van der Waals surface area contributed by atoms with Gasteiger partial charge < -0.3 is 0 Å². The average molecular weight is 318 g/mol. The molecule has 4 nitrogen and oxygen atoms in total. The molecule has 1 aromatic carbocycles. The molecule has 0 fully saturated rings. The van der Waals surface area contributed by atoms with Crippen LogP contribution in [-0.2, 0) is 0 Å². The van der Waals surface area contributed by atoms with Crippen LogP contribution in [0.3, 0.4) is 0 Å². The molecule has 0 aliphatic carbocycles. The van der Waals surface area contributed by atoms with Crippen molar-refractivity contribution in [3.63, 3.8) is 0 Å². The van der Waals surface area contributed by atoms with Gasteiger partial charge in [0.1, 0.15) is 0 Å². The zero-order chi connectivity index (χ0) is 13.7. The van der Waals surface area contributed by atoms with Gasteiger partial charge in [-0.1, -0.05) is 28.1 Å². The highest BCUT2D eigenvalue weighted by Gasteiger charge is 2.05. The van der Waals surface area contributed by atoms with E-state index < -0.39 is 0 Å². The third-order valence-corrected chi connectivity index (χ3v) is 2.94. The summed E-state index contributed by atoms with van der Waals surface area (Å²) in [5.74, 6) is -0.253. The van der Waals surface area contributed by atoms with Gasteiger partial charge in [-0.3, -0.25) is 9.78 Å². The number of nitrogens with zero attached hydrogens (tertiary/aromatic N) is 2. The number of carbonyl (C=O) groups excluding carboxylic acids is 1. The van der Waals surface area contributed by atoms with Crippen molar-refractivity contribution < 1.29 is 4.79 Å². The first-order valence-electron chi connectivity index (χ1n) is 5.68. The minimum absolute atomic E-state index is 0.253. The smallest absolute Gasteiger partial charge is 0.267 e. The van der Waals surface area contributed by atoms with E-state index in [2.05, 4.69) is 31.4 Å². The summed E-state index contributed by atoms with van der Waals surface area (Å²) in [6.07, 6.45) is 1.69. The number of amides is 1. The minimum Gasteiger partial charge on any atom is -0.267 e. The zero-order valence-corrected chi connectivity index (χ0v) is 11.9. The van der Waals surface area contributed by atoms with E-state index in [0.717, 1.165) is 10.2 Å². The molecule has 1 heterocycles. The molecule has 0 aliphatic rings. The van der Waals surface area contributed by atoms with Crippen molar-refractivity contribution in [2.24, 2.45) is 5.10 Å². The highest BCUT2D eigenvalue weighted by atomic mass is 79.9. The molecule has 0 saturated heterocycles. The molecule has 96 valence electrons. The molecule has 5 heteroatoms. The van der Waals surface area contributed by atoms with Gasteiger partial charge in [-0.2, -0.15) is 5.10 Å². The third kappa shape index (κ3) is 3.72. The lowest BCUT2D eigenvalue weighted by molar-refractivity contribution is 0.0955. The lowest BCUT2D eigenvalue weighted by Crippen LogP contribution is -2.19. The summed E-state index contributed by atoms with van der Waals surface area (Å²) in [7, 11) is 0. The Balaban J connectivity index is 2.08. The summed E-state index contributed by atoms with van der Waals surface area (Å²) < 4.78 is 0.852. The quantitative estimate of drug-likeness (QED) is 0.699. The second kappa shape index (κ2) is 6.24. The number of nitrogens with one attached hydrogen (secondary N) is 1. The summed E-state index contributed by atoms with van der Waals surface area (Å²) in [5, 5.41) is 4.04. The standard InChI is InChI=1S/C14H12BrN3O/c1-10(13-7-2-3-8-16-13)17-18-14(19)11-5-4-6-12(15)9-11/h2-9H,1H3,(H,18,19)/b17-10-. The number of rotatable bonds is 3. The Labute approximate surface area is 119 Å². The Kier molecular flexibility index (Phi) is 4.41. The minimum atomic E-state index is -0.253. The van der Waals surface area contributed by atoms with Gasteiger partial charge in [0.2, 0.25) is 0 Å². The summed E-state index contributed by atoms with van der Waals surface area (Å²) >= 11 is 3.32. The maximum absolute atomic E-state index is 11.9. The Morgan fingerprint density at radius 2 is 2.11 bits per heavy atom. The third-order valence-electron chi connectivity index (χ3n) is 2.45. The summed E-state index contributed by atoms with van der Waals surface area (Å²) in [5.41, 5.74) is 4.45. The zero-order valence-electron chi connectivity index (χ0n) is 10.3. The van der Waals surface area contributed by atoms with Crippen LogP contribution in [0.25, 0.3) is 0 Å². The van der Waals surface area contributed by atoms with E-state index in [-0.39, 0.29) is 5.91 Å². The van der Waals surface area contributed by atoms with Crippen LogP contribution in [0.1, 0.15) is 23.0 Å². The first-order chi connectivity index (χ1) is 9.16. The van der Waals surface area contributed by atoms with Gasteiger partial charge >= 0.3 is 0 Å². The predicted molar refractivity (Wildman–Crippen MR) is 78.1 cm³/mol. The largest absolute Gasteiger partial charge is 0.271 e. The number of hydrogen-bond donors (Lipinski definition) is 1. The van der Waals surface area contributed by atoms with Crippen LogP contribution in [0.5, 0.6) is 0 Å². The fourth-order valence-corrected chi connectivity index (χ4v) is 1.86. The fourth-order valence-electron chi connectivity index (χ4n) is 1.46. The summed E-state index contributed by atoms with van der Waals surface area (Å²) in [6, 6.07) is 12.7. The Morgan fingerprint density at radius 3 is 2.79 bits per heavy atom. The van der Waals surface area contributed by atoms with Crippen molar-refractivity contribution in [1.82, 2.24) is 10.4 Å². The fraction of sp³-hybridized carbons (Fsp3) is 0.0714. The van der Waals surface area contributed by atoms with Crippen molar-refractivity contribution in [2.75, 3.05) is 0 Å². The van der Waals surface area contributed by atoms with E-state index in [9.17, 15) is 4.79 Å². The number of aromatic nitrogens is 1. The molecular weight excluding hydrogens is 306 g/mol. The molecule has 2 aromatic rings. The van der Waals surface area contributed by atoms with Crippen LogP contribution in [-0.4, -0.2) is 16.6 Å². The second-order valence-electron chi connectivity index (χ2n) is 3.86. The van der Waals surface area contributed by atoms with Crippen molar-refractivity contribution in [3.05, 3.63) is 64.4 Å². The Morgan fingerprint density at radius 1 is 1.26 bits per heavy atom. The molecule has 0 radical (unpaired) electrons. The lowest BCUT2D eigenvalue weighted by Gasteiger charge is -2.02. The van der Waals surface area contributed by atoms with E-state index in [1.54, 1.807) is 31.3 Å². The summed E-state index contributed by atoms with van der Waals surface area (Å²) in [4.78, 5) is 16.0. The predicted octanol–water partition coefficient (Wildman–Crippen LogP) is 3.00. The van der Waals surface area contributed by atoms with E-state index in [4.69, 9.17) is 0 Å². The molecule has 2 rings (SSSR count). The molecule has 19 heavy (non-hydrogen) atoms. The van der Waals surface area contributed by atoms with E-state index >= 15 is 0 Å². The van der Waals surface area contributed by atoms with Crippen LogP contribution in [0.2, 0.25) is 0 Å². The number of carbonyl (C=O) groups is 1. The van der Waals surface area contributed by atoms with Gasteiger partial charge in [-0.15, -0.1) is 0 Å². The van der Waals surface area contributed by atoms with Gasteiger partial charge in [-0.25, -0.2) is 5.43 Å². The normalized spacial score (nSPS) is 11.2. The number of hydrazone groups is 1. The lowest BCUT2D eigenvalue weighted by atomic mass is 10.2. The van der Waals surface area contributed by atoms with Gasteiger partial charge in [0.15, 0.2) is 0 Å². The number of pyridine rings is 1. The molecule has 0 atom stereocenters. The topological polar surface area (TPSA) is 54.4 Å². The molecule has 1 aromatic heterocycles. The molecule has 0 unspecified atom stereocenters. The van der Waals surface area contributed by atoms with Crippen molar-refractivity contribution in [1.29, 1.82) is 0 Å². The van der Waals surface area contributed by atoms with Crippen molar-refractivity contribution in [2.45, 2.75) is 6.92 Å². The van der Waals surface area contributed by atoms with E-state index in [1.807, 2.05) is 24.3 Å². The SMILES string of the molecule is C/C(=N/NC(=O)c1cccc(Br)c1)c1ccccn1. The van der Waals surface area contributed by atoms with Crippen LogP contribution in [0.4, 0.5) is 0 Å². The molecule has 0 spiro atoms. The monoisotopic (exact) mass is 317 g/mol. The van der Waals surface area contributed by atoms with Crippen LogP contribution in [0.15, 0.2) is 58.2 Å². The molecule has 1 N–H and O–H groups in total. The number of hydrogen-bond acceptors (Lipinski definition) is 3. The van der Waals surface area contributed by atoms with Gasteiger partial charge in [0, 0.05) is 16.2 Å². The summed E-state index contributed by atoms with van der Waals surface area (Å²) in [6.45, 7) is 1.80.